The van der Waals surface area contributed by atoms with Crippen LogP contribution in [-0.4, -0.2) is 82.7 Å². The van der Waals surface area contributed by atoms with Gasteiger partial charge in [0.1, 0.15) is 6.17 Å². The molecule has 1 aromatic heterocycles. The Labute approximate surface area is 207 Å². The van der Waals surface area contributed by atoms with Crippen molar-refractivity contribution in [3.05, 3.63) is 47.4 Å². The van der Waals surface area contributed by atoms with Gasteiger partial charge in [0.2, 0.25) is 5.91 Å². The smallest absolute Gasteiger partial charge is 0.219 e. The lowest BCUT2D eigenvalue weighted by atomic mass is 9.90. The number of nitrogens with zero attached hydrogens (tertiary/aromatic N) is 6. The van der Waals surface area contributed by atoms with E-state index in [0.717, 1.165) is 51.1 Å². The zero-order chi connectivity index (χ0) is 24.3. The zero-order valence-electron chi connectivity index (χ0n) is 21.3. The first-order valence-electron chi connectivity index (χ1n) is 12.9. The number of fused-ring (bicyclic) bond motifs is 1. The van der Waals surface area contributed by atoms with Crippen LogP contribution in [0.2, 0.25) is 0 Å². The fourth-order valence-corrected chi connectivity index (χ4v) is 6.54. The molecule has 3 atom stereocenters. The molecule has 186 valence electrons. The van der Waals surface area contributed by atoms with Crippen molar-refractivity contribution in [2.75, 3.05) is 44.8 Å². The number of carbonyl (C=O) groups is 1. The van der Waals surface area contributed by atoms with E-state index in [2.05, 4.69) is 58.4 Å². The van der Waals surface area contributed by atoms with E-state index in [1.165, 1.54) is 28.1 Å². The number of amides is 1. The van der Waals surface area contributed by atoms with Crippen molar-refractivity contribution < 1.29 is 9.53 Å². The van der Waals surface area contributed by atoms with Crippen LogP contribution in [0, 0.1) is 5.92 Å². The summed E-state index contributed by atoms with van der Waals surface area (Å²) in [6.07, 6.45) is 7.15. The molecule has 8 nitrogen and oxygen atoms in total. The van der Waals surface area contributed by atoms with Crippen molar-refractivity contribution in [1.29, 1.82) is 0 Å². The van der Waals surface area contributed by atoms with Crippen molar-refractivity contribution in [3.8, 4) is 11.1 Å². The lowest BCUT2D eigenvalue weighted by Gasteiger charge is -2.45. The first kappa shape index (κ1) is 22.6. The van der Waals surface area contributed by atoms with Gasteiger partial charge in [0.05, 0.1) is 18.8 Å². The van der Waals surface area contributed by atoms with Gasteiger partial charge < -0.3 is 19.5 Å². The summed E-state index contributed by atoms with van der Waals surface area (Å²) < 4.78 is 7.65. The molecular formula is C27H36N6O2. The maximum Gasteiger partial charge on any atom is 0.219 e. The molecule has 0 radical (unpaired) electrons. The zero-order valence-corrected chi connectivity index (χ0v) is 21.3. The van der Waals surface area contributed by atoms with Gasteiger partial charge in [0, 0.05) is 82.4 Å². The normalized spacial score (nSPS) is 27.0. The van der Waals surface area contributed by atoms with Gasteiger partial charge in [-0.3, -0.25) is 9.48 Å². The first-order chi connectivity index (χ1) is 16.9. The maximum absolute atomic E-state index is 12.3. The van der Waals surface area contributed by atoms with E-state index in [1.807, 2.05) is 22.8 Å². The van der Waals surface area contributed by atoms with Gasteiger partial charge in [0.15, 0.2) is 0 Å². The van der Waals surface area contributed by atoms with Gasteiger partial charge in [-0.25, -0.2) is 0 Å². The minimum atomic E-state index is 0.110. The van der Waals surface area contributed by atoms with Crippen molar-refractivity contribution in [1.82, 2.24) is 24.7 Å². The number of benzene rings is 1. The van der Waals surface area contributed by atoms with E-state index in [0.29, 0.717) is 18.5 Å². The van der Waals surface area contributed by atoms with Gasteiger partial charge in [-0.1, -0.05) is 13.0 Å². The van der Waals surface area contributed by atoms with Gasteiger partial charge in [-0.15, -0.1) is 0 Å². The second kappa shape index (κ2) is 8.68. The van der Waals surface area contributed by atoms with Crippen LogP contribution in [0.4, 0.5) is 5.69 Å². The molecule has 2 aromatic rings. The third-order valence-electron chi connectivity index (χ3n) is 8.13. The molecule has 1 fully saturated rings. The molecule has 35 heavy (non-hydrogen) atoms. The topological polar surface area (TPSA) is 57.1 Å². The molecule has 0 spiro atoms. The number of ether oxygens (including phenoxy) is 1. The summed E-state index contributed by atoms with van der Waals surface area (Å²) >= 11 is 0. The lowest BCUT2D eigenvalue weighted by molar-refractivity contribution is -0.128. The van der Waals surface area contributed by atoms with Crippen LogP contribution in [-0.2, 0) is 23.0 Å². The van der Waals surface area contributed by atoms with Crippen LogP contribution in [0.15, 0.2) is 41.9 Å². The minimum Gasteiger partial charge on any atom is -0.379 e. The number of aromatic nitrogens is 2. The van der Waals surface area contributed by atoms with E-state index < -0.39 is 0 Å². The summed E-state index contributed by atoms with van der Waals surface area (Å²) in [5.74, 6) is 0.703. The van der Waals surface area contributed by atoms with Crippen LogP contribution in [0.1, 0.15) is 32.3 Å². The molecule has 0 bridgehead atoms. The van der Waals surface area contributed by atoms with E-state index >= 15 is 0 Å². The Morgan fingerprint density at radius 3 is 2.77 bits per heavy atom. The lowest BCUT2D eigenvalue weighted by Crippen LogP contribution is -2.55. The monoisotopic (exact) mass is 476 g/mol. The Balaban J connectivity index is 1.40. The third kappa shape index (κ3) is 3.83. The first-order valence-corrected chi connectivity index (χ1v) is 12.9. The average Bonchev–Trinajstić information content (AvgIpc) is 3.56. The number of rotatable bonds is 3. The van der Waals surface area contributed by atoms with Crippen LogP contribution in [0.3, 0.4) is 0 Å². The Morgan fingerprint density at radius 1 is 1.20 bits per heavy atom. The molecule has 8 heteroatoms. The number of anilines is 1. The molecule has 1 amide bonds. The quantitative estimate of drug-likeness (QED) is 0.679. The summed E-state index contributed by atoms with van der Waals surface area (Å²) in [6, 6.07) is 7.25. The molecule has 0 N–H and O–H groups in total. The number of hydrogen-bond donors (Lipinski definition) is 0. The number of hydrazine groups is 1. The molecule has 4 aliphatic rings. The highest BCUT2D eigenvalue weighted by Gasteiger charge is 2.46. The van der Waals surface area contributed by atoms with Crippen LogP contribution in [0.25, 0.3) is 11.1 Å². The highest BCUT2D eigenvalue weighted by atomic mass is 16.5. The van der Waals surface area contributed by atoms with Gasteiger partial charge in [0.25, 0.3) is 0 Å². The Hall–Kier alpha value is -2.84. The van der Waals surface area contributed by atoms with Gasteiger partial charge in [-0.05, 0) is 42.0 Å². The molecule has 6 rings (SSSR count). The summed E-state index contributed by atoms with van der Waals surface area (Å²) in [7, 11) is 4.19. The molecular weight excluding hydrogens is 440 g/mol. The second-order valence-electron chi connectivity index (χ2n) is 10.7. The van der Waals surface area contributed by atoms with E-state index in [9.17, 15) is 4.79 Å². The molecule has 5 heterocycles. The fourth-order valence-electron chi connectivity index (χ4n) is 6.54. The summed E-state index contributed by atoms with van der Waals surface area (Å²) in [4.78, 5) is 16.9. The molecule has 1 aromatic carbocycles. The standard InChI is InChI=1S/C27H36N6O2/c1-18-11-21-12-20(22-13-28-29(3)15-22)5-6-25(21)32(14-18)27-24-16-31(19(2)34)9-7-26(24)33(30(27)4)23-8-10-35-17-23/h5-6,12-13,15,18,23,27H,7-11,14,16-17H2,1-4H3/t18-,23-,27?/m0/s1. The highest BCUT2D eigenvalue weighted by molar-refractivity contribution is 5.74. The summed E-state index contributed by atoms with van der Waals surface area (Å²) in [5.41, 5.74) is 7.84. The molecule has 1 saturated heterocycles. The van der Waals surface area contributed by atoms with Crippen molar-refractivity contribution >= 4 is 11.6 Å². The number of carbonyl (C=O) groups excluding carboxylic acids is 1. The Morgan fingerprint density at radius 2 is 2.06 bits per heavy atom. The number of aryl methyl sites for hydroxylation is 1. The highest BCUT2D eigenvalue weighted by Crippen LogP contribution is 2.43. The van der Waals surface area contributed by atoms with Gasteiger partial charge in [-0.2, -0.15) is 10.1 Å². The van der Waals surface area contributed by atoms with E-state index in [1.54, 1.807) is 6.92 Å². The van der Waals surface area contributed by atoms with E-state index in [4.69, 9.17) is 4.74 Å². The van der Waals surface area contributed by atoms with Gasteiger partial charge >= 0.3 is 0 Å². The number of hydrogen-bond acceptors (Lipinski definition) is 6. The Bertz CT molecular complexity index is 1170. The van der Waals surface area contributed by atoms with Crippen LogP contribution < -0.4 is 4.90 Å². The van der Waals surface area contributed by atoms with Crippen molar-refractivity contribution in [3.63, 3.8) is 0 Å². The summed E-state index contributed by atoms with van der Waals surface area (Å²) in [5, 5.41) is 9.31. The average molecular weight is 477 g/mol. The fraction of sp³-hybridized carbons (Fsp3) is 0.556. The molecule has 0 saturated carbocycles. The minimum absolute atomic E-state index is 0.110. The predicted octanol–water partition coefficient (Wildman–Crippen LogP) is 2.87. The van der Waals surface area contributed by atoms with Crippen molar-refractivity contribution in [2.45, 2.75) is 45.3 Å². The summed E-state index contributed by atoms with van der Waals surface area (Å²) in [6.45, 7) is 8.13. The SMILES string of the molecule is CC(=O)N1CCC2=C(C1)C(N1C[C@@H](C)Cc3cc(-c4cnn(C)c4)ccc31)N(C)N2[C@H]1CCOC1. The maximum atomic E-state index is 12.3. The van der Waals surface area contributed by atoms with Crippen LogP contribution >= 0.6 is 0 Å². The third-order valence-corrected chi connectivity index (χ3v) is 8.13. The Kier molecular flexibility index (Phi) is 5.60. The van der Waals surface area contributed by atoms with E-state index in [-0.39, 0.29) is 12.1 Å². The van der Waals surface area contributed by atoms with Crippen LogP contribution in [0.5, 0.6) is 0 Å². The largest absolute Gasteiger partial charge is 0.379 e. The molecule has 0 aliphatic carbocycles. The number of likely N-dealkylation sites (N-methyl/N-ethyl adjacent to an activating group) is 1. The second-order valence-corrected chi connectivity index (χ2v) is 10.7. The predicted molar refractivity (Wildman–Crippen MR) is 135 cm³/mol. The molecule has 4 aliphatic heterocycles. The van der Waals surface area contributed by atoms with Crippen molar-refractivity contribution in [2.24, 2.45) is 13.0 Å². The molecule has 1 unspecified atom stereocenters.